The van der Waals surface area contributed by atoms with Gasteiger partial charge in [0.2, 0.25) is 0 Å². The third-order valence-corrected chi connectivity index (χ3v) is 6.75. The number of rotatable bonds is 5. The summed E-state index contributed by atoms with van der Waals surface area (Å²) in [6.07, 6.45) is 4.35. The molecule has 5 nitrogen and oxygen atoms in total. The number of aryl methyl sites for hydroxylation is 1. The van der Waals surface area contributed by atoms with Gasteiger partial charge in [-0.1, -0.05) is 37.1 Å². The first-order valence-corrected chi connectivity index (χ1v) is 11.4. The van der Waals surface area contributed by atoms with Gasteiger partial charge >= 0.3 is 0 Å². The summed E-state index contributed by atoms with van der Waals surface area (Å²) in [4.78, 5) is 19.9. The minimum Gasteiger partial charge on any atom is -0.487 e. The molecule has 6 heteroatoms. The van der Waals surface area contributed by atoms with Crippen LogP contribution in [-0.4, -0.2) is 21.8 Å². The Morgan fingerprint density at radius 3 is 2.63 bits per heavy atom. The van der Waals surface area contributed by atoms with Crippen LogP contribution in [0.4, 0.5) is 5.69 Å². The highest BCUT2D eigenvalue weighted by Crippen LogP contribution is 2.38. The fraction of sp³-hybridized carbons (Fsp3) is 0.333. The van der Waals surface area contributed by atoms with Crippen LogP contribution in [0.3, 0.4) is 0 Å². The van der Waals surface area contributed by atoms with Crippen LogP contribution < -0.4 is 10.1 Å². The molecule has 3 aromatic rings. The van der Waals surface area contributed by atoms with Gasteiger partial charge < -0.3 is 15.0 Å². The van der Waals surface area contributed by atoms with E-state index in [-0.39, 0.29) is 18.1 Å². The number of thiazole rings is 1. The summed E-state index contributed by atoms with van der Waals surface area (Å²) in [5, 5.41) is 6.68. The molecule has 1 atom stereocenters. The summed E-state index contributed by atoms with van der Waals surface area (Å²) in [6.45, 7) is 2.46. The summed E-state index contributed by atoms with van der Waals surface area (Å²) in [7, 11) is 0. The van der Waals surface area contributed by atoms with Crippen molar-refractivity contribution in [3.63, 3.8) is 0 Å². The first-order chi connectivity index (χ1) is 14.7. The molecule has 0 radical (unpaired) electrons. The molecule has 1 fully saturated rings. The van der Waals surface area contributed by atoms with E-state index in [1.165, 1.54) is 12.8 Å². The standard InChI is InChI=1S/C24H25N3O2S/c1-16-25-18(15-30-16)14-29-20-12-10-17(11-13-20)23-26-22-9-5-4-8-21(22)24(28)27(23)19-6-2-3-7-19/h4-5,8-13,15,19,23,26H,2-3,6-7,14H2,1H3/t23-/m1/s1. The largest absolute Gasteiger partial charge is 0.487 e. The van der Waals surface area contributed by atoms with E-state index in [0.29, 0.717) is 6.61 Å². The van der Waals surface area contributed by atoms with Crippen molar-refractivity contribution in [1.82, 2.24) is 9.88 Å². The van der Waals surface area contributed by atoms with E-state index in [1.54, 1.807) is 11.3 Å². The highest BCUT2D eigenvalue weighted by Gasteiger charge is 2.38. The zero-order valence-electron chi connectivity index (χ0n) is 17.0. The van der Waals surface area contributed by atoms with Gasteiger partial charge in [-0.15, -0.1) is 11.3 Å². The molecule has 0 unspecified atom stereocenters. The molecule has 30 heavy (non-hydrogen) atoms. The Kier molecular flexibility index (Phi) is 5.17. The first kappa shape index (κ1) is 19.1. The lowest BCUT2D eigenvalue weighted by molar-refractivity contribution is 0.0585. The van der Waals surface area contributed by atoms with Gasteiger partial charge in [-0.05, 0) is 49.6 Å². The molecule has 1 aromatic heterocycles. The highest BCUT2D eigenvalue weighted by atomic mass is 32.1. The van der Waals surface area contributed by atoms with Crippen LogP contribution in [0, 0.1) is 6.92 Å². The van der Waals surface area contributed by atoms with Crippen LogP contribution in [-0.2, 0) is 6.61 Å². The maximum Gasteiger partial charge on any atom is 0.258 e. The van der Waals surface area contributed by atoms with Gasteiger partial charge in [-0.2, -0.15) is 0 Å². The fourth-order valence-corrected chi connectivity index (χ4v) is 5.05. The van der Waals surface area contributed by atoms with Gasteiger partial charge in [0.25, 0.3) is 5.91 Å². The lowest BCUT2D eigenvalue weighted by Gasteiger charge is -2.41. The molecule has 2 aliphatic rings. The quantitative estimate of drug-likeness (QED) is 0.590. The Morgan fingerprint density at radius 1 is 1.13 bits per heavy atom. The number of benzene rings is 2. The van der Waals surface area contributed by atoms with Crippen LogP contribution in [0.15, 0.2) is 53.9 Å². The maximum absolute atomic E-state index is 13.4. The lowest BCUT2D eigenvalue weighted by Crippen LogP contribution is -2.47. The molecule has 2 heterocycles. The van der Waals surface area contributed by atoms with E-state index in [1.807, 2.05) is 48.7 Å². The maximum atomic E-state index is 13.4. The summed E-state index contributed by atoms with van der Waals surface area (Å²) in [5.74, 6) is 0.930. The van der Waals surface area contributed by atoms with Gasteiger partial charge in [0.05, 0.1) is 16.3 Å². The fourth-order valence-electron chi connectivity index (χ4n) is 4.45. The van der Waals surface area contributed by atoms with E-state index < -0.39 is 0 Å². The van der Waals surface area contributed by atoms with E-state index in [2.05, 4.69) is 27.3 Å². The average Bonchev–Trinajstić information content (AvgIpc) is 3.44. The number of aromatic nitrogens is 1. The number of nitrogens with zero attached hydrogens (tertiary/aromatic N) is 2. The molecule has 1 aliphatic heterocycles. The zero-order valence-corrected chi connectivity index (χ0v) is 17.8. The Morgan fingerprint density at radius 2 is 1.90 bits per heavy atom. The predicted molar refractivity (Wildman–Crippen MR) is 119 cm³/mol. The molecule has 0 spiro atoms. The summed E-state index contributed by atoms with van der Waals surface area (Å²) in [5.41, 5.74) is 3.69. The Hall–Kier alpha value is -2.86. The molecule has 0 saturated heterocycles. The lowest BCUT2D eigenvalue weighted by atomic mass is 10.0. The van der Waals surface area contributed by atoms with E-state index in [9.17, 15) is 4.79 Å². The van der Waals surface area contributed by atoms with E-state index in [4.69, 9.17) is 4.74 Å². The van der Waals surface area contributed by atoms with Gasteiger partial charge in [0.15, 0.2) is 0 Å². The number of carbonyl (C=O) groups is 1. The van der Waals surface area contributed by atoms with Crippen molar-refractivity contribution in [2.45, 2.75) is 51.4 Å². The Bertz CT molecular complexity index is 1040. The number of nitrogens with one attached hydrogen (secondary N) is 1. The number of hydrogen-bond donors (Lipinski definition) is 1. The molecule has 1 amide bonds. The number of carbonyl (C=O) groups excluding carboxylic acids is 1. The molecule has 0 bridgehead atoms. The summed E-state index contributed by atoms with van der Waals surface area (Å²) >= 11 is 1.63. The second-order valence-corrected chi connectivity index (χ2v) is 9.02. The van der Waals surface area contributed by atoms with Crippen molar-refractivity contribution >= 4 is 22.9 Å². The van der Waals surface area contributed by atoms with Crippen molar-refractivity contribution in [3.8, 4) is 5.75 Å². The minimum atomic E-state index is -0.161. The Balaban J connectivity index is 1.38. The number of para-hydroxylation sites is 1. The molecule has 1 saturated carbocycles. The number of anilines is 1. The third kappa shape index (κ3) is 3.67. The van der Waals surface area contributed by atoms with Crippen LogP contribution in [0.25, 0.3) is 0 Å². The second-order valence-electron chi connectivity index (χ2n) is 7.96. The first-order valence-electron chi connectivity index (χ1n) is 10.5. The normalized spacial score (nSPS) is 18.9. The van der Waals surface area contributed by atoms with Crippen LogP contribution in [0.1, 0.15) is 58.5 Å². The number of ether oxygens (including phenoxy) is 1. The minimum absolute atomic E-state index is 0.125. The molecular weight excluding hydrogens is 394 g/mol. The van der Waals surface area contributed by atoms with Gasteiger partial charge in [0.1, 0.15) is 18.5 Å². The molecule has 1 aliphatic carbocycles. The van der Waals surface area contributed by atoms with Crippen molar-refractivity contribution in [2.24, 2.45) is 0 Å². The number of fused-ring (bicyclic) bond motifs is 1. The molecular formula is C24H25N3O2S. The predicted octanol–water partition coefficient (Wildman–Crippen LogP) is 5.54. The molecule has 1 N–H and O–H groups in total. The van der Waals surface area contributed by atoms with Crippen LogP contribution >= 0.6 is 11.3 Å². The van der Waals surface area contributed by atoms with E-state index in [0.717, 1.165) is 46.1 Å². The van der Waals surface area contributed by atoms with Gasteiger partial charge in [-0.25, -0.2) is 4.98 Å². The van der Waals surface area contributed by atoms with Crippen molar-refractivity contribution in [1.29, 1.82) is 0 Å². The highest BCUT2D eigenvalue weighted by molar-refractivity contribution is 7.09. The Labute approximate surface area is 180 Å². The van der Waals surface area contributed by atoms with Crippen molar-refractivity contribution in [3.05, 3.63) is 75.7 Å². The monoisotopic (exact) mass is 419 g/mol. The van der Waals surface area contributed by atoms with Crippen molar-refractivity contribution in [2.75, 3.05) is 5.32 Å². The molecule has 154 valence electrons. The topological polar surface area (TPSA) is 54.5 Å². The zero-order chi connectivity index (χ0) is 20.5. The third-order valence-electron chi connectivity index (χ3n) is 5.93. The number of amides is 1. The van der Waals surface area contributed by atoms with Gasteiger partial charge in [-0.3, -0.25) is 4.79 Å². The van der Waals surface area contributed by atoms with E-state index >= 15 is 0 Å². The van der Waals surface area contributed by atoms with Crippen LogP contribution in [0.5, 0.6) is 5.75 Å². The number of hydrogen-bond acceptors (Lipinski definition) is 5. The van der Waals surface area contributed by atoms with Crippen LogP contribution in [0.2, 0.25) is 0 Å². The smallest absolute Gasteiger partial charge is 0.258 e. The summed E-state index contributed by atoms with van der Waals surface area (Å²) < 4.78 is 5.89. The second kappa shape index (κ2) is 8.11. The average molecular weight is 420 g/mol. The van der Waals surface area contributed by atoms with Crippen molar-refractivity contribution < 1.29 is 9.53 Å². The molecule has 5 rings (SSSR count). The SMILES string of the molecule is Cc1nc(COc2ccc([C@@H]3Nc4ccccc4C(=O)N3C3CCCC3)cc2)cs1. The molecule has 2 aromatic carbocycles. The van der Waals surface area contributed by atoms with Gasteiger partial charge in [0, 0.05) is 17.1 Å². The summed E-state index contributed by atoms with van der Waals surface area (Å²) in [6, 6.07) is 16.2.